The van der Waals surface area contributed by atoms with Gasteiger partial charge in [0, 0.05) is 40.4 Å². The normalized spacial score (nSPS) is 22.8. The van der Waals surface area contributed by atoms with E-state index in [1.165, 1.54) is 6.07 Å². The number of nitrogens with one attached hydrogen (secondary N) is 3. The Hall–Kier alpha value is -2.61. The quantitative estimate of drug-likeness (QED) is 0.338. The Morgan fingerprint density at radius 1 is 1.19 bits per heavy atom. The lowest BCUT2D eigenvalue weighted by atomic mass is 9.77. The first kappa shape index (κ1) is 29.0. The van der Waals surface area contributed by atoms with E-state index >= 15 is 4.39 Å². The minimum Gasteiger partial charge on any atom is -0.390 e. The molecule has 37 heavy (non-hydrogen) atoms. The van der Waals surface area contributed by atoms with Crippen LogP contribution >= 0.6 is 23.2 Å². The van der Waals surface area contributed by atoms with Crippen molar-refractivity contribution in [3.05, 3.63) is 69.1 Å². The zero-order chi connectivity index (χ0) is 27.5. The summed E-state index contributed by atoms with van der Waals surface area (Å²) in [5, 5.41) is 19.0. The van der Waals surface area contributed by atoms with Crippen LogP contribution in [0.4, 0.5) is 10.1 Å². The highest BCUT2D eigenvalue weighted by atomic mass is 35.5. The van der Waals surface area contributed by atoms with E-state index in [1.807, 2.05) is 0 Å². The van der Waals surface area contributed by atoms with Gasteiger partial charge in [0.1, 0.15) is 11.5 Å². The number of carbonyl (C=O) groups excluding carboxylic acids is 2. The van der Waals surface area contributed by atoms with E-state index in [-0.39, 0.29) is 28.2 Å². The van der Waals surface area contributed by atoms with Crippen molar-refractivity contribution in [2.45, 2.75) is 65.0 Å². The Morgan fingerprint density at radius 2 is 1.84 bits per heavy atom. The van der Waals surface area contributed by atoms with Gasteiger partial charge in [-0.15, -0.1) is 0 Å². The molecule has 1 aliphatic carbocycles. The first-order valence-electron chi connectivity index (χ1n) is 12.2. The summed E-state index contributed by atoms with van der Waals surface area (Å²) in [5.74, 6) is -1.47. The number of aliphatic hydroxyl groups is 1. The van der Waals surface area contributed by atoms with Crippen LogP contribution in [0.2, 0.25) is 10.0 Å². The van der Waals surface area contributed by atoms with Crippen molar-refractivity contribution >= 4 is 46.8 Å². The molecule has 1 unspecified atom stereocenters. The van der Waals surface area contributed by atoms with Crippen molar-refractivity contribution in [1.29, 1.82) is 0 Å². The van der Waals surface area contributed by atoms with Crippen LogP contribution in [0.25, 0.3) is 5.57 Å². The second-order valence-electron chi connectivity index (χ2n) is 11.4. The summed E-state index contributed by atoms with van der Waals surface area (Å²) in [6.07, 6.45) is 1.43. The second kappa shape index (κ2) is 11.4. The van der Waals surface area contributed by atoms with Gasteiger partial charge in [-0.25, -0.2) is 4.39 Å². The molecule has 2 aliphatic rings. The van der Waals surface area contributed by atoms with Crippen LogP contribution in [0.15, 0.2) is 42.1 Å². The molecule has 4 rings (SSSR count). The fourth-order valence-corrected chi connectivity index (χ4v) is 4.81. The molecule has 0 bridgehead atoms. The summed E-state index contributed by atoms with van der Waals surface area (Å²) >= 11 is 12.1. The van der Waals surface area contributed by atoms with Crippen LogP contribution in [0, 0.1) is 11.2 Å². The second-order valence-corrected chi connectivity index (χ2v) is 12.2. The number of amides is 2. The Labute approximate surface area is 227 Å². The van der Waals surface area contributed by atoms with Crippen LogP contribution in [0.5, 0.6) is 0 Å². The lowest BCUT2D eigenvalue weighted by molar-refractivity contribution is -0.121. The highest BCUT2D eigenvalue weighted by molar-refractivity contribution is 6.31. The summed E-state index contributed by atoms with van der Waals surface area (Å²) in [4.78, 5) is 24.3. The molecule has 0 aromatic heterocycles. The maximum absolute atomic E-state index is 15.1. The fraction of sp³-hybridized carbons (Fsp3) is 0.429. The number of hydrogen-bond acceptors (Lipinski definition) is 4. The molecule has 200 valence electrons. The monoisotopic (exact) mass is 549 g/mol. The SMILES string of the molecule is CC(C)(C)C.CC1(O)CC(NC(=O)C2=C(c3cccc(Cl)c3F)C(c3ccc(Cl)cc3NC=O)CN2)C1. The van der Waals surface area contributed by atoms with E-state index in [4.69, 9.17) is 23.2 Å². The average molecular weight is 551 g/mol. The smallest absolute Gasteiger partial charge is 0.267 e. The summed E-state index contributed by atoms with van der Waals surface area (Å²) in [5.41, 5.74) is 1.72. The van der Waals surface area contributed by atoms with Crippen LogP contribution in [-0.2, 0) is 9.59 Å². The molecule has 2 aromatic carbocycles. The molecule has 1 atom stereocenters. The van der Waals surface area contributed by atoms with E-state index in [1.54, 1.807) is 37.3 Å². The predicted molar refractivity (Wildman–Crippen MR) is 147 cm³/mol. The van der Waals surface area contributed by atoms with Gasteiger partial charge in [-0.1, -0.05) is 69.1 Å². The molecule has 0 radical (unpaired) electrons. The Balaban J connectivity index is 0.000000695. The number of rotatable bonds is 6. The van der Waals surface area contributed by atoms with Crippen molar-refractivity contribution < 1.29 is 19.1 Å². The first-order chi connectivity index (χ1) is 17.2. The number of anilines is 1. The molecule has 1 heterocycles. The standard InChI is InChI=1S/C23H22Cl2FN3O3.C5H12/c1-23(32)8-13(9-23)29-22(31)21-19(15-3-2-4-17(25)20(15)26)16(10-27-21)14-6-5-12(24)7-18(14)28-11-30;1-5(2,3)4/h2-7,11,13,16,27,32H,8-10H2,1H3,(H,28,30)(H,29,31);1-4H3. The van der Waals surface area contributed by atoms with E-state index in [0.717, 1.165) is 0 Å². The molecular weight excluding hydrogens is 516 g/mol. The van der Waals surface area contributed by atoms with Gasteiger partial charge in [0.15, 0.2) is 0 Å². The molecule has 1 fully saturated rings. The third-order valence-electron chi connectivity index (χ3n) is 5.88. The topological polar surface area (TPSA) is 90.5 Å². The van der Waals surface area contributed by atoms with Crippen molar-refractivity contribution in [2.75, 3.05) is 11.9 Å². The zero-order valence-electron chi connectivity index (χ0n) is 21.7. The zero-order valence-corrected chi connectivity index (χ0v) is 23.2. The van der Waals surface area contributed by atoms with Crippen molar-refractivity contribution in [3.63, 3.8) is 0 Å². The minimum atomic E-state index is -0.793. The molecule has 0 saturated heterocycles. The lowest BCUT2D eigenvalue weighted by Crippen LogP contribution is -2.54. The molecule has 1 aliphatic heterocycles. The highest BCUT2D eigenvalue weighted by Gasteiger charge is 2.41. The number of carbonyl (C=O) groups is 2. The average Bonchev–Trinajstić information content (AvgIpc) is 3.18. The number of hydrogen-bond donors (Lipinski definition) is 4. The third-order valence-corrected chi connectivity index (χ3v) is 6.41. The predicted octanol–water partition coefficient (Wildman–Crippen LogP) is 5.88. The highest BCUT2D eigenvalue weighted by Crippen LogP contribution is 2.43. The molecule has 6 nitrogen and oxygen atoms in total. The van der Waals surface area contributed by atoms with Gasteiger partial charge in [-0.3, -0.25) is 9.59 Å². The minimum absolute atomic E-state index is 0.0576. The molecule has 9 heteroatoms. The third kappa shape index (κ3) is 7.46. The summed E-state index contributed by atoms with van der Waals surface area (Å²) in [7, 11) is 0. The first-order valence-corrected chi connectivity index (χ1v) is 12.9. The van der Waals surface area contributed by atoms with Gasteiger partial charge in [0.05, 0.1) is 10.6 Å². The van der Waals surface area contributed by atoms with E-state index < -0.39 is 17.3 Å². The summed E-state index contributed by atoms with van der Waals surface area (Å²) in [6, 6.07) is 9.48. The van der Waals surface area contributed by atoms with Gasteiger partial charge in [0.25, 0.3) is 5.91 Å². The summed E-state index contributed by atoms with van der Waals surface area (Å²) in [6.45, 7) is 10.8. The van der Waals surface area contributed by atoms with Crippen LogP contribution in [0.3, 0.4) is 0 Å². The van der Waals surface area contributed by atoms with Gasteiger partial charge >= 0.3 is 0 Å². The van der Waals surface area contributed by atoms with E-state index in [0.29, 0.717) is 53.1 Å². The van der Waals surface area contributed by atoms with Crippen LogP contribution in [0.1, 0.15) is 64.5 Å². The van der Waals surface area contributed by atoms with E-state index in [9.17, 15) is 14.7 Å². The van der Waals surface area contributed by atoms with E-state index in [2.05, 4.69) is 43.6 Å². The summed E-state index contributed by atoms with van der Waals surface area (Å²) < 4.78 is 15.1. The van der Waals surface area contributed by atoms with Gasteiger partial charge in [-0.05, 0) is 48.9 Å². The Kier molecular flexibility index (Phi) is 8.93. The largest absolute Gasteiger partial charge is 0.390 e. The van der Waals surface area contributed by atoms with Crippen LogP contribution < -0.4 is 16.0 Å². The maximum atomic E-state index is 15.1. The van der Waals surface area contributed by atoms with Gasteiger partial charge < -0.3 is 21.1 Å². The Bertz CT molecular complexity index is 1190. The molecular formula is C28H34Cl2FN3O3. The van der Waals surface area contributed by atoms with Gasteiger partial charge in [-0.2, -0.15) is 0 Å². The van der Waals surface area contributed by atoms with Crippen molar-refractivity contribution in [2.24, 2.45) is 5.41 Å². The van der Waals surface area contributed by atoms with Crippen molar-refractivity contribution in [1.82, 2.24) is 10.6 Å². The van der Waals surface area contributed by atoms with Crippen molar-refractivity contribution in [3.8, 4) is 0 Å². The molecule has 4 N–H and O–H groups in total. The molecule has 2 aromatic rings. The molecule has 0 spiro atoms. The number of halogens is 3. The maximum Gasteiger partial charge on any atom is 0.267 e. The molecule has 2 amide bonds. The number of benzene rings is 2. The lowest BCUT2D eigenvalue weighted by Gasteiger charge is -2.41. The van der Waals surface area contributed by atoms with Crippen LogP contribution in [-0.4, -0.2) is 35.6 Å². The Morgan fingerprint density at radius 3 is 2.43 bits per heavy atom. The molecule has 1 saturated carbocycles. The van der Waals surface area contributed by atoms with Gasteiger partial charge in [0.2, 0.25) is 6.41 Å². The fourth-order valence-electron chi connectivity index (χ4n) is 4.46.